The number of rotatable bonds is 8. The first-order valence-electron chi connectivity index (χ1n) is 8.59. The Kier molecular flexibility index (Phi) is 6.09. The van der Waals surface area contributed by atoms with Gasteiger partial charge in [0.1, 0.15) is 5.75 Å². The number of benzene rings is 3. The van der Waals surface area contributed by atoms with Crippen LogP contribution in [-0.2, 0) is 25.8 Å². The molecule has 0 spiro atoms. The molecule has 0 aliphatic heterocycles. The number of sulfonamides is 2. The van der Waals surface area contributed by atoms with Crippen LogP contribution in [-0.4, -0.2) is 23.9 Å². The molecule has 3 rings (SSSR count). The summed E-state index contributed by atoms with van der Waals surface area (Å²) in [5, 5.41) is 0. The molecule has 9 heteroatoms. The predicted molar refractivity (Wildman–Crippen MR) is 113 cm³/mol. The van der Waals surface area contributed by atoms with E-state index >= 15 is 0 Å². The van der Waals surface area contributed by atoms with E-state index in [0.717, 1.165) is 0 Å². The monoisotopic (exact) mass is 432 g/mol. The molecule has 0 radical (unpaired) electrons. The van der Waals surface area contributed by atoms with Crippen LogP contribution in [0.3, 0.4) is 0 Å². The van der Waals surface area contributed by atoms with Crippen LogP contribution in [0.25, 0.3) is 0 Å². The van der Waals surface area contributed by atoms with Gasteiger partial charge in [-0.05, 0) is 42.0 Å². The van der Waals surface area contributed by atoms with Crippen LogP contribution >= 0.6 is 0 Å². The van der Waals surface area contributed by atoms with Gasteiger partial charge in [-0.25, -0.2) is 16.8 Å². The van der Waals surface area contributed by atoms with Crippen LogP contribution < -0.4 is 14.2 Å². The van der Waals surface area contributed by atoms with Crippen LogP contribution in [0.4, 0.5) is 11.4 Å². The fourth-order valence-electron chi connectivity index (χ4n) is 2.61. The van der Waals surface area contributed by atoms with E-state index in [4.69, 9.17) is 4.74 Å². The molecule has 0 amide bonds. The zero-order valence-corrected chi connectivity index (χ0v) is 17.2. The highest BCUT2D eigenvalue weighted by atomic mass is 32.2. The van der Waals surface area contributed by atoms with Crippen molar-refractivity contribution >= 4 is 31.4 Å². The van der Waals surface area contributed by atoms with Gasteiger partial charge in [0, 0.05) is 11.8 Å². The Bertz CT molecular complexity index is 1180. The van der Waals surface area contributed by atoms with E-state index in [-0.39, 0.29) is 16.3 Å². The third kappa shape index (κ3) is 5.72. The molecule has 152 valence electrons. The van der Waals surface area contributed by atoms with Gasteiger partial charge in [-0.15, -0.1) is 0 Å². The lowest BCUT2D eigenvalue weighted by Crippen LogP contribution is -2.16. The second-order valence-electron chi connectivity index (χ2n) is 6.21. The maximum absolute atomic E-state index is 12.5. The molecule has 0 aliphatic rings. The quantitative estimate of drug-likeness (QED) is 0.568. The normalized spacial score (nSPS) is 11.6. The number of hydrogen-bond donors (Lipinski definition) is 2. The lowest BCUT2D eigenvalue weighted by atomic mass is 10.2. The van der Waals surface area contributed by atoms with Gasteiger partial charge in [-0.1, -0.05) is 36.4 Å². The van der Waals surface area contributed by atoms with Gasteiger partial charge < -0.3 is 4.74 Å². The zero-order valence-electron chi connectivity index (χ0n) is 15.6. The van der Waals surface area contributed by atoms with Crippen molar-refractivity contribution in [2.24, 2.45) is 0 Å². The number of ether oxygens (including phenoxy) is 1. The third-order valence-corrected chi connectivity index (χ3v) is 6.62. The second-order valence-corrected chi connectivity index (χ2v) is 9.61. The molecule has 2 N–H and O–H groups in total. The molecule has 0 unspecified atom stereocenters. The lowest BCUT2D eigenvalue weighted by Gasteiger charge is -2.11. The summed E-state index contributed by atoms with van der Waals surface area (Å²) in [5.41, 5.74) is 1.29. The maximum Gasteiger partial charge on any atom is 0.261 e. The van der Waals surface area contributed by atoms with Crippen LogP contribution in [0.2, 0.25) is 0 Å². The smallest absolute Gasteiger partial charge is 0.261 e. The number of hydrogen-bond acceptors (Lipinski definition) is 5. The highest BCUT2D eigenvalue weighted by molar-refractivity contribution is 7.92. The summed E-state index contributed by atoms with van der Waals surface area (Å²) in [6.07, 6.45) is 0. The van der Waals surface area contributed by atoms with Gasteiger partial charge in [-0.2, -0.15) is 0 Å². The van der Waals surface area contributed by atoms with Crippen molar-refractivity contribution in [3.05, 3.63) is 84.4 Å². The summed E-state index contributed by atoms with van der Waals surface area (Å²) < 4.78 is 59.7. The minimum absolute atomic E-state index is 0.00586. The first kappa shape index (κ1) is 20.7. The maximum atomic E-state index is 12.5. The number of nitrogens with one attached hydrogen (secondary N) is 2. The summed E-state index contributed by atoms with van der Waals surface area (Å²) in [6.45, 7) is 0. The van der Waals surface area contributed by atoms with Gasteiger partial charge >= 0.3 is 0 Å². The van der Waals surface area contributed by atoms with Crippen molar-refractivity contribution in [1.82, 2.24) is 0 Å². The molecule has 0 fully saturated rings. The van der Waals surface area contributed by atoms with Crippen molar-refractivity contribution < 1.29 is 21.6 Å². The molecule has 0 saturated carbocycles. The van der Waals surface area contributed by atoms with Crippen molar-refractivity contribution in [3.63, 3.8) is 0 Å². The van der Waals surface area contributed by atoms with Gasteiger partial charge in [0.05, 0.1) is 23.4 Å². The highest BCUT2D eigenvalue weighted by Gasteiger charge is 2.16. The lowest BCUT2D eigenvalue weighted by molar-refractivity contribution is 0.415. The molecule has 0 heterocycles. The van der Waals surface area contributed by atoms with E-state index in [2.05, 4.69) is 9.44 Å². The fraction of sp³-hybridized carbons (Fsp3) is 0.100. The first-order valence-corrected chi connectivity index (χ1v) is 11.7. The van der Waals surface area contributed by atoms with Crippen LogP contribution in [0.1, 0.15) is 5.56 Å². The minimum Gasteiger partial charge on any atom is -0.497 e. The van der Waals surface area contributed by atoms with Crippen LogP contribution in [0.5, 0.6) is 5.75 Å². The van der Waals surface area contributed by atoms with Gasteiger partial charge in [0.25, 0.3) is 10.0 Å². The van der Waals surface area contributed by atoms with Gasteiger partial charge in [0.2, 0.25) is 10.0 Å². The molecule has 0 aliphatic carbocycles. The van der Waals surface area contributed by atoms with Crippen molar-refractivity contribution in [2.45, 2.75) is 10.6 Å². The second kappa shape index (κ2) is 8.54. The summed E-state index contributed by atoms with van der Waals surface area (Å²) in [4.78, 5) is 0.00586. The summed E-state index contributed by atoms with van der Waals surface area (Å²) in [6, 6.07) is 20.8. The average Bonchev–Trinajstić information content (AvgIpc) is 2.68. The largest absolute Gasteiger partial charge is 0.497 e. The molecule has 7 nitrogen and oxygen atoms in total. The fourth-order valence-corrected chi connectivity index (χ4v) is 4.86. The van der Waals surface area contributed by atoms with E-state index in [0.29, 0.717) is 17.0 Å². The SMILES string of the molecule is COc1cccc(NS(=O)(=O)c2ccc(NS(=O)(=O)Cc3ccccc3)cc2)c1. The summed E-state index contributed by atoms with van der Waals surface area (Å²) in [7, 11) is -5.96. The molecule has 0 atom stereocenters. The molecule has 0 bridgehead atoms. The van der Waals surface area contributed by atoms with Crippen LogP contribution in [0, 0.1) is 0 Å². The first-order chi connectivity index (χ1) is 13.8. The van der Waals surface area contributed by atoms with E-state index in [9.17, 15) is 16.8 Å². The topological polar surface area (TPSA) is 102 Å². The molecule has 0 aromatic heterocycles. The Balaban J connectivity index is 1.71. The van der Waals surface area contributed by atoms with Gasteiger partial charge in [-0.3, -0.25) is 9.44 Å². The van der Waals surface area contributed by atoms with Gasteiger partial charge in [0.15, 0.2) is 0 Å². The standard InChI is InChI=1S/C20H20N2O5S2/c1-27-19-9-5-8-18(14-19)22-29(25,26)20-12-10-17(11-13-20)21-28(23,24)15-16-6-3-2-4-7-16/h2-14,21-22H,15H2,1H3. The molecule has 29 heavy (non-hydrogen) atoms. The highest BCUT2D eigenvalue weighted by Crippen LogP contribution is 2.22. The van der Waals surface area contributed by atoms with E-state index in [1.807, 2.05) is 6.07 Å². The Morgan fingerprint density at radius 2 is 1.45 bits per heavy atom. The Hall–Kier alpha value is -3.04. The summed E-state index contributed by atoms with van der Waals surface area (Å²) >= 11 is 0. The van der Waals surface area contributed by atoms with E-state index < -0.39 is 20.0 Å². The van der Waals surface area contributed by atoms with E-state index in [1.54, 1.807) is 48.5 Å². The van der Waals surface area contributed by atoms with Crippen molar-refractivity contribution in [1.29, 1.82) is 0 Å². The number of anilines is 2. The molecular formula is C20H20N2O5S2. The molecule has 3 aromatic carbocycles. The Morgan fingerprint density at radius 3 is 2.10 bits per heavy atom. The summed E-state index contributed by atoms with van der Waals surface area (Å²) in [5.74, 6) is 0.346. The average molecular weight is 433 g/mol. The molecular weight excluding hydrogens is 412 g/mol. The number of methoxy groups -OCH3 is 1. The Labute approximate surface area is 170 Å². The van der Waals surface area contributed by atoms with E-state index in [1.165, 1.54) is 31.4 Å². The van der Waals surface area contributed by atoms with Crippen molar-refractivity contribution in [2.75, 3.05) is 16.6 Å². The predicted octanol–water partition coefficient (Wildman–Crippen LogP) is 3.44. The zero-order chi connectivity index (χ0) is 20.9. The van der Waals surface area contributed by atoms with Crippen LogP contribution in [0.15, 0.2) is 83.8 Å². The molecule has 3 aromatic rings. The third-order valence-electron chi connectivity index (χ3n) is 3.96. The minimum atomic E-state index is -3.83. The molecule has 0 saturated heterocycles. The Morgan fingerprint density at radius 1 is 0.759 bits per heavy atom. The van der Waals surface area contributed by atoms with Crippen molar-refractivity contribution in [3.8, 4) is 5.75 Å².